The largest absolute Gasteiger partial charge is 0.491 e. The summed E-state index contributed by atoms with van der Waals surface area (Å²) in [6, 6.07) is 8.83. The standard InChI is InChI=1S/C16H25NO2/c1-13-5-3-6-14(11-13)17-15-7-4-8-16(12-15)19-10-9-18-2/h4,7-8,12-14,17H,3,5-6,9-11H2,1-2H3. The molecule has 2 unspecified atom stereocenters. The molecule has 0 amide bonds. The van der Waals surface area contributed by atoms with E-state index in [1.807, 2.05) is 12.1 Å². The third kappa shape index (κ3) is 4.75. The zero-order valence-electron chi connectivity index (χ0n) is 12.0. The lowest BCUT2D eigenvalue weighted by atomic mass is 9.87. The second-order valence-corrected chi connectivity index (χ2v) is 5.48. The Kier molecular flexibility index (Phi) is 5.52. The number of methoxy groups -OCH3 is 1. The Bertz CT molecular complexity index is 381. The van der Waals surface area contributed by atoms with E-state index in [1.54, 1.807) is 7.11 Å². The Morgan fingerprint density at radius 2 is 2.16 bits per heavy atom. The Morgan fingerprint density at radius 3 is 2.95 bits per heavy atom. The fraction of sp³-hybridized carbons (Fsp3) is 0.625. The van der Waals surface area contributed by atoms with Crippen LogP contribution in [0.1, 0.15) is 32.6 Å². The molecule has 0 saturated heterocycles. The zero-order valence-corrected chi connectivity index (χ0v) is 12.0. The van der Waals surface area contributed by atoms with E-state index in [9.17, 15) is 0 Å². The normalized spacial score (nSPS) is 23.1. The molecular formula is C16H25NO2. The number of benzene rings is 1. The number of ether oxygens (including phenoxy) is 2. The van der Waals surface area contributed by atoms with E-state index in [4.69, 9.17) is 9.47 Å². The zero-order chi connectivity index (χ0) is 13.5. The summed E-state index contributed by atoms with van der Waals surface area (Å²) < 4.78 is 10.6. The molecule has 1 saturated carbocycles. The van der Waals surface area contributed by atoms with Gasteiger partial charge in [0, 0.05) is 24.9 Å². The van der Waals surface area contributed by atoms with Crippen LogP contribution >= 0.6 is 0 Å². The summed E-state index contributed by atoms with van der Waals surface area (Å²) in [4.78, 5) is 0. The van der Waals surface area contributed by atoms with Crippen LogP contribution in [0.5, 0.6) is 5.75 Å². The topological polar surface area (TPSA) is 30.5 Å². The van der Waals surface area contributed by atoms with Gasteiger partial charge in [-0.25, -0.2) is 0 Å². The van der Waals surface area contributed by atoms with Crippen LogP contribution in [0.4, 0.5) is 5.69 Å². The number of anilines is 1. The molecular weight excluding hydrogens is 238 g/mol. The quantitative estimate of drug-likeness (QED) is 0.794. The predicted molar refractivity (Wildman–Crippen MR) is 78.9 cm³/mol. The molecule has 3 nitrogen and oxygen atoms in total. The van der Waals surface area contributed by atoms with Crippen molar-refractivity contribution in [2.75, 3.05) is 25.6 Å². The van der Waals surface area contributed by atoms with Gasteiger partial charge in [-0.05, 0) is 30.9 Å². The lowest BCUT2D eigenvalue weighted by molar-refractivity contribution is 0.146. The average Bonchev–Trinajstić information content (AvgIpc) is 2.39. The fourth-order valence-electron chi connectivity index (χ4n) is 2.72. The third-order valence-corrected chi connectivity index (χ3v) is 3.70. The van der Waals surface area contributed by atoms with Crippen LogP contribution in [0.3, 0.4) is 0 Å². The van der Waals surface area contributed by atoms with Crippen molar-refractivity contribution in [2.45, 2.75) is 38.6 Å². The van der Waals surface area contributed by atoms with Crippen molar-refractivity contribution in [1.29, 1.82) is 0 Å². The second-order valence-electron chi connectivity index (χ2n) is 5.48. The van der Waals surface area contributed by atoms with Crippen LogP contribution in [0, 0.1) is 5.92 Å². The highest BCUT2D eigenvalue weighted by Crippen LogP contribution is 2.27. The highest BCUT2D eigenvalue weighted by Gasteiger charge is 2.18. The Labute approximate surface area is 116 Å². The van der Waals surface area contributed by atoms with Gasteiger partial charge in [0.15, 0.2) is 0 Å². The van der Waals surface area contributed by atoms with Crippen molar-refractivity contribution in [3.8, 4) is 5.75 Å². The van der Waals surface area contributed by atoms with Crippen molar-refractivity contribution in [1.82, 2.24) is 0 Å². The molecule has 0 aromatic heterocycles. The van der Waals surface area contributed by atoms with Crippen LogP contribution in [-0.4, -0.2) is 26.4 Å². The van der Waals surface area contributed by atoms with Crippen molar-refractivity contribution in [3.63, 3.8) is 0 Å². The van der Waals surface area contributed by atoms with E-state index in [1.165, 1.54) is 25.7 Å². The molecule has 0 radical (unpaired) electrons. The molecule has 0 bridgehead atoms. The van der Waals surface area contributed by atoms with Gasteiger partial charge in [-0.2, -0.15) is 0 Å². The van der Waals surface area contributed by atoms with Crippen LogP contribution in [0.15, 0.2) is 24.3 Å². The lowest BCUT2D eigenvalue weighted by Gasteiger charge is -2.28. The van der Waals surface area contributed by atoms with Crippen molar-refractivity contribution < 1.29 is 9.47 Å². The molecule has 1 aromatic carbocycles. The predicted octanol–water partition coefficient (Wildman–Crippen LogP) is 3.70. The van der Waals surface area contributed by atoms with Crippen molar-refractivity contribution >= 4 is 5.69 Å². The van der Waals surface area contributed by atoms with Gasteiger partial charge >= 0.3 is 0 Å². The molecule has 2 atom stereocenters. The SMILES string of the molecule is COCCOc1cccc(NC2CCCC(C)C2)c1. The summed E-state index contributed by atoms with van der Waals surface area (Å²) in [6.07, 6.45) is 5.26. The highest BCUT2D eigenvalue weighted by molar-refractivity contribution is 5.48. The Balaban J connectivity index is 1.87. The molecule has 0 heterocycles. The molecule has 106 valence electrons. The van der Waals surface area contributed by atoms with Crippen LogP contribution in [0.25, 0.3) is 0 Å². The van der Waals surface area contributed by atoms with E-state index in [2.05, 4.69) is 24.4 Å². The first kappa shape index (κ1) is 14.2. The van der Waals surface area contributed by atoms with E-state index < -0.39 is 0 Å². The van der Waals surface area contributed by atoms with Gasteiger partial charge in [0.05, 0.1) is 6.61 Å². The van der Waals surface area contributed by atoms with Crippen LogP contribution in [-0.2, 0) is 4.74 Å². The Hall–Kier alpha value is -1.22. The van der Waals surface area contributed by atoms with E-state index in [-0.39, 0.29) is 0 Å². The number of hydrogen-bond acceptors (Lipinski definition) is 3. The van der Waals surface area contributed by atoms with Gasteiger partial charge in [-0.1, -0.05) is 25.8 Å². The molecule has 19 heavy (non-hydrogen) atoms. The molecule has 1 aliphatic carbocycles. The van der Waals surface area contributed by atoms with Gasteiger partial charge in [-0.15, -0.1) is 0 Å². The van der Waals surface area contributed by atoms with Crippen LogP contribution < -0.4 is 10.1 Å². The first-order chi connectivity index (χ1) is 9.28. The maximum atomic E-state index is 5.63. The summed E-state index contributed by atoms with van der Waals surface area (Å²) in [5, 5.41) is 3.63. The average molecular weight is 263 g/mol. The first-order valence-electron chi connectivity index (χ1n) is 7.26. The van der Waals surface area contributed by atoms with E-state index in [0.29, 0.717) is 19.3 Å². The maximum Gasteiger partial charge on any atom is 0.121 e. The third-order valence-electron chi connectivity index (χ3n) is 3.70. The Morgan fingerprint density at radius 1 is 1.26 bits per heavy atom. The second kappa shape index (κ2) is 7.39. The van der Waals surface area contributed by atoms with Crippen molar-refractivity contribution in [3.05, 3.63) is 24.3 Å². The molecule has 3 heteroatoms. The van der Waals surface area contributed by atoms with Crippen LogP contribution in [0.2, 0.25) is 0 Å². The fourth-order valence-corrected chi connectivity index (χ4v) is 2.72. The highest BCUT2D eigenvalue weighted by atomic mass is 16.5. The molecule has 1 aromatic rings. The van der Waals surface area contributed by atoms with Gasteiger partial charge in [0.2, 0.25) is 0 Å². The smallest absolute Gasteiger partial charge is 0.121 e. The molecule has 1 aliphatic rings. The molecule has 1 fully saturated rings. The lowest BCUT2D eigenvalue weighted by Crippen LogP contribution is -2.26. The van der Waals surface area contributed by atoms with Gasteiger partial charge < -0.3 is 14.8 Å². The molecule has 2 rings (SSSR count). The van der Waals surface area contributed by atoms with Gasteiger partial charge in [0.25, 0.3) is 0 Å². The summed E-state index contributed by atoms with van der Waals surface area (Å²) in [5.74, 6) is 1.75. The minimum Gasteiger partial charge on any atom is -0.491 e. The first-order valence-corrected chi connectivity index (χ1v) is 7.26. The maximum absolute atomic E-state index is 5.63. The minimum atomic E-state index is 0.598. The summed E-state index contributed by atoms with van der Waals surface area (Å²) in [6.45, 7) is 3.57. The van der Waals surface area contributed by atoms with Crippen molar-refractivity contribution in [2.24, 2.45) is 5.92 Å². The number of hydrogen-bond donors (Lipinski definition) is 1. The summed E-state index contributed by atoms with van der Waals surface area (Å²) in [7, 11) is 1.69. The minimum absolute atomic E-state index is 0.598. The number of rotatable bonds is 6. The van der Waals surface area contributed by atoms with Gasteiger partial charge in [-0.3, -0.25) is 0 Å². The van der Waals surface area contributed by atoms with Gasteiger partial charge in [0.1, 0.15) is 12.4 Å². The number of nitrogens with one attached hydrogen (secondary N) is 1. The molecule has 0 aliphatic heterocycles. The summed E-state index contributed by atoms with van der Waals surface area (Å²) >= 11 is 0. The molecule has 1 N–H and O–H groups in total. The summed E-state index contributed by atoms with van der Waals surface area (Å²) in [5.41, 5.74) is 1.16. The molecule has 0 spiro atoms. The van der Waals surface area contributed by atoms with E-state index >= 15 is 0 Å². The van der Waals surface area contributed by atoms with E-state index in [0.717, 1.165) is 17.4 Å². The monoisotopic (exact) mass is 263 g/mol.